The van der Waals surface area contributed by atoms with Gasteiger partial charge in [0.2, 0.25) is 0 Å². The Hall–Kier alpha value is -0.230. The molecule has 1 rings (SSSR count). The zero-order valence-electron chi connectivity index (χ0n) is 11.0. The third-order valence-corrected chi connectivity index (χ3v) is 5.13. The maximum Gasteiger partial charge on any atom is 0.106 e. The Morgan fingerprint density at radius 1 is 1.28 bits per heavy atom. The molecule has 5 heteroatoms. The number of hydrogen-bond donors (Lipinski definition) is 0. The quantitative estimate of drug-likeness (QED) is 0.484. The molecule has 0 radical (unpaired) electrons. The molecule has 0 aliphatic carbocycles. The second-order valence-corrected chi connectivity index (χ2v) is 6.57. The first-order chi connectivity index (χ1) is 8.83. The Kier molecular flexibility index (Phi) is 9.38. The van der Waals surface area contributed by atoms with Crippen LogP contribution in [0.25, 0.3) is 0 Å². The first kappa shape index (κ1) is 15.8. The van der Waals surface area contributed by atoms with E-state index >= 15 is 0 Å². The maximum absolute atomic E-state index is 5.43. The molecule has 0 aliphatic rings. The number of aromatic nitrogens is 1. The zero-order valence-corrected chi connectivity index (χ0v) is 12.6. The molecular formula is C13H21NO2S2. The number of rotatable bonds is 10. The first-order valence-corrected chi connectivity index (χ1v) is 8.35. The molecule has 0 bridgehead atoms. The van der Waals surface area contributed by atoms with E-state index in [0.717, 1.165) is 24.5 Å². The third kappa shape index (κ3) is 7.97. The van der Waals surface area contributed by atoms with Gasteiger partial charge in [-0.15, -0.1) is 0 Å². The van der Waals surface area contributed by atoms with Crippen molar-refractivity contribution >= 4 is 21.6 Å². The van der Waals surface area contributed by atoms with Gasteiger partial charge in [-0.1, -0.05) is 23.8 Å². The molecule has 1 unspecified atom stereocenters. The van der Waals surface area contributed by atoms with Crippen LogP contribution in [0.5, 0.6) is 0 Å². The highest BCUT2D eigenvalue weighted by atomic mass is 33.1. The van der Waals surface area contributed by atoms with Gasteiger partial charge in [0, 0.05) is 25.2 Å². The lowest BCUT2D eigenvalue weighted by atomic mass is 10.2. The first-order valence-electron chi connectivity index (χ1n) is 6.14. The van der Waals surface area contributed by atoms with E-state index in [-0.39, 0.29) is 0 Å². The van der Waals surface area contributed by atoms with Crippen LogP contribution in [0.3, 0.4) is 0 Å². The molecule has 18 heavy (non-hydrogen) atoms. The monoisotopic (exact) mass is 287 g/mol. The summed E-state index contributed by atoms with van der Waals surface area (Å²) in [5, 5.41) is 1.69. The van der Waals surface area contributed by atoms with Crippen molar-refractivity contribution in [3.8, 4) is 0 Å². The summed E-state index contributed by atoms with van der Waals surface area (Å²) < 4.78 is 10.4. The molecule has 0 N–H and O–H groups in total. The summed E-state index contributed by atoms with van der Waals surface area (Å²) in [7, 11) is 5.31. The summed E-state index contributed by atoms with van der Waals surface area (Å²) in [6, 6.07) is 6.00. The SMILES string of the molecule is COCCOCCCC(C)SSc1ccccn1. The van der Waals surface area contributed by atoms with Crippen molar-refractivity contribution < 1.29 is 9.47 Å². The lowest BCUT2D eigenvalue weighted by Crippen LogP contribution is -2.04. The molecule has 102 valence electrons. The fourth-order valence-corrected chi connectivity index (χ4v) is 3.43. The lowest BCUT2D eigenvalue weighted by molar-refractivity contribution is 0.0689. The molecule has 0 saturated carbocycles. The van der Waals surface area contributed by atoms with E-state index in [1.165, 1.54) is 0 Å². The normalized spacial score (nSPS) is 12.6. The molecule has 0 spiro atoms. The highest BCUT2D eigenvalue weighted by Crippen LogP contribution is 2.34. The number of nitrogens with zero attached hydrogens (tertiary/aromatic N) is 1. The number of ether oxygens (including phenoxy) is 2. The van der Waals surface area contributed by atoms with Gasteiger partial charge in [0.15, 0.2) is 0 Å². The minimum atomic E-state index is 0.614. The van der Waals surface area contributed by atoms with Gasteiger partial charge >= 0.3 is 0 Å². The molecule has 1 atom stereocenters. The van der Waals surface area contributed by atoms with Crippen LogP contribution in [-0.4, -0.2) is 37.2 Å². The maximum atomic E-state index is 5.43. The summed E-state index contributed by atoms with van der Waals surface area (Å²) in [5.74, 6) is 0. The molecule has 1 aromatic rings. The Morgan fingerprint density at radius 2 is 2.17 bits per heavy atom. The Morgan fingerprint density at radius 3 is 2.89 bits per heavy atom. The van der Waals surface area contributed by atoms with Crippen LogP contribution < -0.4 is 0 Å². The van der Waals surface area contributed by atoms with Crippen LogP contribution in [0.2, 0.25) is 0 Å². The molecule has 1 aromatic heterocycles. The van der Waals surface area contributed by atoms with Gasteiger partial charge in [0.1, 0.15) is 5.03 Å². The summed E-state index contributed by atoms with van der Waals surface area (Å²) in [5.41, 5.74) is 0. The van der Waals surface area contributed by atoms with Crippen molar-refractivity contribution in [3.63, 3.8) is 0 Å². The minimum Gasteiger partial charge on any atom is -0.382 e. The van der Waals surface area contributed by atoms with Crippen molar-refractivity contribution in [2.24, 2.45) is 0 Å². The molecule has 0 saturated heterocycles. The van der Waals surface area contributed by atoms with Crippen molar-refractivity contribution in [3.05, 3.63) is 24.4 Å². The highest BCUT2D eigenvalue weighted by Gasteiger charge is 2.04. The average Bonchev–Trinajstić information content (AvgIpc) is 2.41. The Labute approximate surface area is 117 Å². The van der Waals surface area contributed by atoms with Crippen LogP contribution in [0.1, 0.15) is 19.8 Å². The summed E-state index contributed by atoms with van der Waals surface area (Å²) >= 11 is 0. The Balaban J connectivity index is 1.99. The van der Waals surface area contributed by atoms with Crippen LogP contribution in [0.4, 0.5) is 0 Å². The van der Waals surface area contributed by atoms with Crippen molar-refractivity contribution in [2.45, 2.75) is 30.0 Å². The molecule has 0 aromatic carbocycles. The van der Waals surface area contributed by atoms with E-state index in [1.807, 2.05) is 35.2 Å². The molecule has 3 nitrogen and oxygen atoms in total. The van der Waals surface area contributed by atoms with Crippen LogP contribution in [0, 0.1) is 0 Å². The van der Waals surface area contributed by atoms with Crippen molar-refractivity contribution in [1.82, 2.24) is 4.98 Å². The second kappa shape index (κ2) is 10.7. The van der Waals surface area contributed by atoms with E-state index in [0.29, 0.717) is 18.5 Å². The van der Waals surface area contributed by atoms with Crippen LogP contribution in [0.15, 0.2) is 29.4 Å². The number of hydrogen-bond acceptors (Lipinski definition) is 5. The predicted octanol–water partition coefficient (Wildman–Crippen LogP) is 3.65. The molecular weight excluding hydrogens is 266 g/mol. The van der Waals surface area contributed by atoms with Crippen molar-refractivity contribution in [2.75, 3.05) is 26.9 Å². The predicted molar refractivity (Wildman–Crippen MR) is 79.1 cm³/mol. The largest absolute Gasteiger partial charge is 0.382 e. The third-order valence-electron chi connectivity index (χ3n) is 2.27. The van der Waals surface area contributed by atoms with Gasteiger partial charge in [0.05, 0.1) is 13.2 Å². The standard InChI is InChI=1S/C13H21NO2S2/c1-12(6-5-9-16-11-10-15-2)17-18-13-7-3-4-8-14-13/h3-4,7-8,12H,5-6,9-11H2,1-2H3. The topological polar surface area (TPSA) is 31.4 Å². The molecule has 0 amide bonds. The van der Waals surface area contributed by atoms with Gasteiger partial charge in [-0.2, -0.15) is 0 Å². The zero-order chi connectivity index (χ0) is 13.1. The van der Waals surface area contributed by atoms with E-state index in [2.05, 4.69) is 11.9 Å². The van der Waals surface area contributed by atoms with Gasteiger partial charge < -0.3 is 9.47 Å². The number of pyridine rings is 1. The fourth-order valence-electron chi connectivity index (χ4n) is 1.29. The van der Waals surface area contributed by atoms with Crippen LogP contribution in [-0.2, 0) is 9.47 Å². The van der Waals surface area contributed by atoms with E-state index in [1.54, 1.807) is 17.9 Å². The van der Waals surface area contributed by atoms with Gasteiger partial charge in [-0.3, -0.25) is 0 Å². The highest BCUT2D eigenvalue weighted by molar-refractivity contribution is 8.76. The van der Waals surface area contributed by atoms with E-state index < -0.39 is 0 Å². The molecule has 0 aliphatic heterocycles. The van der Waals surface area contributed by atoms with Gasteiger partial charge in [0.25, 0.3) is 0 Å². The lowest BCUT2D eigenvalue weighted by Gasteiger charge is -2.10. The number of methoxy groups -OCH3 is 1. The molecule has 0 fully saturated rings. The van der Waals surface area contributed by atoms with E-state index in [9.17, 15) is 0 Å². The van der Waals surface area contributed by atoms with Crippen molar-refractivity contribution in [1.29, 1.82) is 0 Å². The average molecular weight is 287 g/mol. The minimum absolute atomic E-state index is 0.614. The van der Waals surface area contributed by atoms with Crippen LogP contribution >= 0.6 is 21.6 Å². The molecule has 1 heterocycles. The summed E-state index contributed by atoms with van der Waals surface area (Å²) in [6.45, 7) is 4.44. The summed E-state index contributed by atoms with van der Waals surface area (Å²) in [6.07, 6.45) is 4.09. The smallest absolute Gasteiger partial charge is 0.106 e. The second-order valence-electron chi connectivity index (χ2n) is 3.91. The van der Waals surface area contributed by atoms with Gasteiger partial charge in [-0.05, 0) is 35.8 Å². The van der Waals surface area contributed by atoms with E-state index in [4.69, 9.17) is 9.47 Å². The summed E-state index contributed by atoms with van der Waals surface area (Å²) in [4.78, 5) is 4.28. The Bertz CT molecular complexity index is 298. The fraction of sp³-hybridized carbons (Fsp3) is 0.615. The van der Waals surface area contributed by atoms with Gasteiger partial charge in [-0.25, -0.2) is 4.98 Å².